The van der Waals surface area contributed by atoms with E-state index in [1.165, 1.54) is 5.56 Å². The van der Waals surface area contributed by atoms with Gasteiger partial charge in [-0.15, -0.1) is 0 Å². The number of nitrogens with two attached hydrogens (primary N) is 1. The third kappa shape index (κ3) is 3.91. The number of hydrazine groups is 1. The van der Waals surface area contributed by atoms with Crippen molar-refractivity contribution in [2.45, 2.75) is 25.5 Å². The summed E-state index contributed by atoms with van der Waals surface area (Å²) in [6, 6.07) is 6.19. The van der Waals surface area contributed by atoms with E-state index in [4.69, 9.17) is 22.2 Å². The van der Waals surface area contributed by atoms with E-state index < -0.39 is 0 Å². The summed E-state index contributed by atoms with van der Waals surface area (Å²) in [4.78, 5) is 2.26. The summed E-state index contributed by atoms with van der Waals surface area (Å²) < 4.78 is 5.81. The molecule has 19 heavy (non-hydrogen) atoms. The molecular formula is C14H22ClN3O. The summed E-state index contributed by atoms with van der Waals surface area (Å²) in [5.74, 6) is 5.69. The maximum Gasteiger partial charge on any atom is 0.0871 e. The average Bonchev–Trinajstić information content (AvgIpc) is 2.38. The van der Waals surface area contributed by atoms with E-state index in [2.05, 4.69) is 29.5 Å². The Morgan fingerprint density at radius 2 is 2.37 bits per heavy atom. The summed E-state index contributed by atoms with van der Waals surface area (Å²) in [6.07, 6.45) is 0.870. The van der Waals surface area contributed by atoms with Crippen molar-refractivity contribution >= 4 is 11.6 Å². The lowest BCUT2D eigenvalue weighted by Gasteiger charge is -2.35. The molecule has 0 bridgehead atoms. The van der Waals surface area contributed by atoms with E-state index in [0.29, 0.717) is 0 Å². The van der Waals surface area contributed by atoms with Crippen molar-refractivity contribution in [2.24, 2.45) is 5.84 Å². The lowest BCUT2D eigenvalue weighted by Crippen LogP contribution is -2.54. The van der Waals surface area contributed by atoms with Gasteiger partial charge in [-0.2, -0.15) is 0 Å². The summed E-state index contributed by atoms with van der Waals surface area (Å²) >= 11 is 6.28. The predicted octanol–water partition coefficient (Wildman–Crippen LogP) is 1.35. The fourth-order valence-corrected chi connectivity index (χ4v) is 2.72. The zero-order valence-corrected chi connectivity index (χ0v) is 12.3. The Morgan fingerprint density at radius 1 is 1.58 bits per heavy atom. The van der Waals surface area contributed by atoms with Crippen molar-refractivity contribution in [2.75, 3.05) is 26.7 Å². The monoisotopic (exact) mass is 283 g/mol. The van der Waals surface area contributed by atoms with Crippen molar-refractivity contribution < 1.29 is 4.74 Å². The van der Waals surface area contributed by atoms with Crippen molar-refractivity contribution in [3.05, 3.63) is 34.3 Å². The molecule has 2 atom stereocenters. The van der Waals surface area contributed by atoms with Gasteiger partial charge in [0.25, 0.3) is 0 Å². The van der Waals surface area contributed by atoms with E-state index in [1.807, 2.05) is 13.0 Å². The first-order valence-electron chi connectivity index (χ1n) is 6.61. The number of ether oxygens (including phenoxy) is 1. The molecule has 106 valence electrons. The number of likely N-dealkylation sites (N-methyl/N-ethyl adjacent to an activating group) is 1. The maximum absolute atomic E-state index is 6.28. The van der Waals surface area contributed by atoms with Gasteiger partial charge in [0.05, 0.1) is 18.8 Å². The predicted molar refractivity (Wildman–Crippen MR) is 78.2 cm³/mol. The van der Waals surface area contributed by atoms with E-state index in [-0.39, 0.29) is 12.1 Å². The van der Waals surface area contributed by atoms with Gasteiger partial charge in [0.1, 0.15) is 0 Å². The van der Waals surface area contributed by atoms with Crippen LogP contribution >= 0.6 is 11.6 Å². The van der Waals surface area contributed by atoms with Crippen molar-refractivity contribution in [1.82, 2.24) is 10.3 Å². The standard InChI is InChI=1S/C14H22ClN3O/c1-10-3-4-11(12(15)7-10)8-13(17-16)14-9-18(2)5-6-19-14/h3-4,7,13-14,17H,5-6,8-9,16H2,1-2H3. The van der Waals surface area contributed by atoms with Crippen LogP contribution in [0.2, 0.25) is 5.02 Å². The second-order valence-electron chi connectivity index (χ2n) is 5.24. The van der Waals surface area contributed by atoms with Crippen LogP contribution in [0.15, 0.2) is 18.2 Å². The Hall–Kier alpha value is -0.650. The van der Waals surface area contributed by atoms with Gasteiger partial charge >= 0.3 is 0 Å². The zero-order valence-electron chi connectivity index (χ0n) is 11.5. The van der Waals surface area contributed by atoms with Crippen LogP contribution in [0.5, 0.6) is 0 Å². The normalized spacial score (nSPS) is 22.4. The summed E-state index contributed by atoms with van der Waals surface area (Å²) in [7, 11) is 2.10. The van der Waals surface area contributed by atoms with Crippen molar-refractivity contribution in [1.29, 1.82) is 0 Å². The molecule has 0 spiro atoms. The van der Waals surface area contributed by atoms with Crippen LogP contribution in [0, 0.1) is 6.92 Å². The zero-order chi connectivity index (χ0) is 13.8. The van der Waals surface area contributed by atoms with Crippen molar-refractivity contribution in [3.8, 4) is 0 Å². The van der Waals surface area contributed by atoms with E-state index in [1.54, 1.807) is 0 Å². The molecule has 0 radical (unpaired) electrons. The summed E-state index contributed by atoms with van der Waals surface area (Å²) in [6.45, 7) is 4.64. The second kappa shape index (κ2) is 6.68. The molecule has 1 heterocycles. The van der Waals surface area contributed by atoms with Crippen LogP contribution < -0.4 is 11.3 Å². The first-order chi connectivity index (χ1) is 9.10. The van der Waals surface area contributed by atoms with Gasteiger partial charge in [0, 0.05) is 18.1 Å². The van der Waals surface area contributed by atoms with Gasteiger partial charge in [-0.05, 0) is 37.6 Å². The smallest absolute Gasteiger partial charge is 0.0871 e. The van der Waals surface area contributed by atoms with Crippen LogP contribution in [0.25, 0.3) is 0 Å². The number of nitrogens with one attached hydrogen (secondary N) is 1. The molecule has 2 rings (SSSR count). The van der Waals surface area contributed by atoms with Gasteiger partial charge in [-0.1, -0.05) is 23.7 Å². The SMILES string of the molecule is Cc1ccc(CC(NN)C2CN(C)CCO2)c(Cl)c1. The molecule has 1 aliphatic rings. The molecule has 3 N–H and O–H groups in total. The topological polar surface area (TPSA) is 50.5 Å². The van der Waals surface area contributed by atoms with Crippen LogP contribution in [-0.4, -0.2) is 43.8 Å². The Balaban J connectivity index is 2.05. The molecule has 1 aromatic rings. The molecule has 4 nitrogen and oxygen atoms in total. The second-order valence-corrected chi connectivity index (χ2v) is 5.65. The molecule has 0 aliphatic carbocycles. The van der Waals surface area contributed by atoms with Crippen LogP contribution in [-0.2, 0) is 11.2 Å². The van der Waals surface area contributed by atoms with E-state index in [9.17, 15) is 0 Å². The lowest BCUT2D eigenvalue weighted by molar-refractivity contribution is -0.0384. The third-order valence-electron chi connectivity index (χ3n) is 3.61. The highest BCUT2D eigenvalue weighted by Gasteiger charge is 2.26. The van der Waals surface area contributed by atoms with Crippen LogP contribution in [0.4, 0.5) is 0 Å². The van der Waals surface area contributed by atoms with Gasteiger partial charge in [-0.3, -0.25) is 11.3 Å². The van der Waals surface area contributed by atoms with E-state index in [0.717, 1.165) is 36.7 Å². The minimum atomic E-state index is 0.0722. The number of nitrogens with zero attached hydrogens (tertiary/aromatic N) is 1. The third-order valence-corrected chi connectivity index (χ3v) is 3.96. The Morgan fingerprint density at radius 3 is 3.00 bits per heavy atom. The minimum Gasteiger partial charge on any atom is -0.374 e. The van der Waals surface area contributed by atoms with Crippen LogP contribution in [0.1, 0.15) is 11.1 Å². The number of hydrogen-bond acceptors (Lipinski definition) is 4. The molecule has 1 fully saturated rings. The minimum absolute atomic E-state index is 0.0722. The highest BCUT2D eigenvalue weighted by atomic mass is 35.5. The summed E-state index contributed by atoms with van der Waals surface area (Å²) in [5, 5.41) is 0.796. The Labute approximate surface area is 119 Å². The van der Waals surface area contributed by atoms with E-state index >= 15 is 0 Å². The average molecular weight is 284 g/mol. The molecule has 0 aromatic heterocycles. The molecule has 1 aromatic carbocycles. The lowest BCUT2D eigenvalue weighted by atomic mass is 9.99. The highest BCUT2D eigenvalue weighted by molar-refractivity contribution is 6.31. The molecule has 1 aliphatic heterocycles. The first-order valence-corrected chi connectivity index (χ1v) is 6.99. The van der Waals surface area contributed by atoms with Gasteiger partial charge in [-0.25, -0.2) is 0 Å². The number of rotatable bonds is 4. The number of hydrogen-bond donors (Lipinski definition) is 2. The fourth-order valence-electron chi connectivity index (χ4n) is 2.41. The highest BCUT2D eigenvalue weighted by Crippen LogP contribution is 2.21. The number of benzene rings is 1. The molecule has 5 heteroatoms. The molecule has 0 amide bonds. The van der Waals surface area contributed by atoms with Gasteiger partial charge in [0.2, 0.25) is 0 Å². The van der Waals surface area contributed by atoms with Gasteiger partial charge < -0.3 is 9.64 Å². The van der Waals surface area contributed by atoms with Gasteiger partial charge in [0.15, 0.2) is 0 Å². The largest absolute Gasteiger partial charge is 0.374 e. The molecule has 2 unspecified atom stereocenters. The van der Waals surface area contributed by atoms with Crippen molar-refractivity contribution in [3.63, 3.8) is 0 Å². The maximum atomic E-state index is 6.28. The Kier molecular flexibility index (Phi) is 5.19. The molecular weight excluding hydrogens is 262 g/mol. The van der Waals surface area contributed by atoms with Crippen LogP contribution in [0.3, 0.4) is 0 Å². The first kappa shape index (κ1) is 14.8. The quantitative estimate of drug-likeness (QED) is 0.647. The molecule has 1 saturated heterocycles. The fraction of sp³-hybridized carbons (Fsp3) is 0.571. The number of aryl methyl sites for hydroxylation is 1. The number of morpholine rings is 1. The molecule has 0 saturated carbocycles. The Bertz CT molecular complexity index is 427. The number of halogens is 1. The summed E-state index contributed by atoms with van der Waals surface area (Å²) in [5.41, 5.74) is 5.14.